The van der Waals surface area contributed by atoms with Crippen LogP contribution in [0.2, 0.25) is 30.1 Å². The minimum atomic E-state index is -0.351. The van der Waals surface area contributed by atoms with E-state index in [9.17, 15) is 24.0 Å². The number of piperidine rings is 3. The summed E-state index contributed by atoms with van der Waals surface area (Å²) < 4.78 is 5.04. The predicted octanol–water partition coefficient (Wildman–Crippen LogP) is 19.6. The number of rotatable bonds is 20. The van der Waals surface area contributed by atoms with Gasteiger partial charge in [0.15, 0.2) is 22.2 Å². The maximum atomic E-state index is 13.8. The molecule has 9 N–H and O–H groups in total. The predicted molar refractivity (Wildman–Crippen MR) is 524 cm³/mol. The van der Waals surface area contributed by atoms with E-state index in [4.69, 9.17) is 97.1 Å². The minimum absolute atomic E-state index is 0.0669. The Morgan fingerprint density at radius 1 is 0.395 bits per heavy atom. The number of aryl methyl sites for hydroxylation is 3. The van der Waals surface area contributed by atoms with Crippen LogP contribution in [0.25, 0.3) is 48.8 Å². The quantitative estimate of drug-likeness (QED) is 0.0254. The Morgan fingerprint density at radius 2 is 0.705 bits per heavy atom. The fourth-order valence-electron chi connectivity index (χ4n) is 14.4. The smallest absolute Gasteiger partial charge is 0.315 e. The monoisotopic (exact) mass is 1920 g/mol. The third-order valence-electron chi connectivity index (χ3n) is 21.3. The number of amides is 7. The summed E-state index contributed by atoms with van der Waals surface area (Å²) in [5.41, 5.74) is 21.7. The number of carbonyl (C=O) groups excluding carboxylic acids is 5. The standard InChI is InChI=1S/C33H32Cl2N6O2S.C32H32Cl2N6O2S.C31H30Cl2N6OS2/c1-21-5-7-22(8-6-21)9-13-25-14-16-29(44-25)31-26(20-36-33(43)37-24-11-12-24)30(32(42)39-40-17-3-2-4-18-40)38-41(31)28-15-10-23(34)19-27(28)35;1-3-35-32(42)36-20-25-29(31(41)38-39-17-5-4-6-18-39)37-40(27-15-12-23(33)19-26(27)34)30(25)28-16-14-24(43-28)13-11-22-9-7-21(2)8-10-22;1-20-6-8-21(9-7-20)10-12-23-13-15-27(42-23)29-24(19-35-31(41)34-2)28(30(40)37-38-16-4-3-5-17-38)36-39(29)26-14-11-22(32)18-25(26)33/h5-8,10,14-16,19,24H,2-4,11-12,17-18,20H2,1H3,(H,39,42)(H2,36,37,43);7-10,12,14-16,19H,3-6,17-18,20H2,1-2H3,(H,38,41)(H2,35,36,42);6-9,11,13-15,18H,3-5,16-17,19H2,1-2H3,(H,37,40)(H2,34,35,41). The number of urea groups is 2. The second-order valence-electron chi connectivity index (χ2n) is 31.1. The van der Waals surface area contributed by atoms with Crippen molar-refractivity contribution >= 4 is 151 Å². The molecule has 6 aromatic heterocycles. The van der Waals surface area contributed by atoms with Crippen molar-refractivity contribution in [3.05, 3.63) is 276 Å². The van der Waals surface area contributed by atoms with Crippen LogP contribution in [-0.4, -0.2) is 138 Å². The summed E-state index contributed by atoms with van der Waals surface area (Å²) in [7, 11) is 1.75. The van der Waals surface area contributed by atoms with Gasteiger partial charge in [-0.1, -0.05) is 177 Å². The van der Waals surface area contributed by atoms with E-state index in [1.807, 2.05) is 145 Å². The van der Waals surface area contributed by atoms with Crippen LogP contribution < -0.4 is 48.2 Å². The first-order chi connectivity index (χ1) is 62.5. The lowest BCUT2D eigenvalue weighted by atomic mass is 10.1. The van der Waals surface area contributed by atoms with Crippen LogP contribution in [0.5, 0.6) is 0 Å². The molecule has 1 saturated carbocycles. The number of nitrogens with zero attached hydrogens (tertiary/aromatic N) is 9. The zero-order valence-electron chi connectivity index (χ0n) is 71.5. The summed E-state index contributed by atoms with van der Waals surface area (Å²) in [5, 5.41) is 41.0. The van der Waals surface area contributed by atoms with Gasteiger partial charge in [-0.3, -0.25) is 30.7 Å². The fourth-order valence-corrected chi connectivity index (χ4v) is 18.7. The molecule has 12 aromatic rings. The van der Waals surface area contributed by atoms with Gasteiger partial charge in [0.1, 0.15) is 0 Å². The van der Waals surface area contributed by atoms with Crippen molar-refractivity contribution in [3.63, 3.8) is 0 Å². The van der Waals surface area contributed by atoms with Gasteiger partial charge in [-0.25, -0.2) is 38.7 Å². The van der Waals surface area contributed by atoms with E-state index in [0.29, 0.717) is 86.9 Å². The lowest BCUT2D eigenvalue weighted by molar-refractivity contribution is 0.0736. The molecule has 3 saturated heterocycles. The van der Waals surface area contributed by atoms with E-state index < -0.39 is 0 Å². The summed E-state index contributed by atoms with van der Waals surface area (Å²) in [6, 6.07) is 51.1. The molecule has 6 aromatic carbocycles. The Kier molecular flexibility index (Phi) is 32.8. The topological polar surface area (TPSA) is 257 Å². The van der Waals surface area contributed by atoms with E-state index in [1.165, 1.54) is 50.7 Å². The number of carbonyl (C=O) groups is 5. The summed E-state index contributed by atoms with van der Waals surface area (Å²) in [5.74, 6) is 18.5. The van der Waals surface area contributed by atoms with Crippen LogP contribution in [0, 0.1) is 56.3 Å². The molecular weight excluding hydrogens is 1830 g/mol. The van der Waals surface area contributed by atoms with Gasteiger partial charge >= 0.3 is 12.1 Å². The number of halogens is 6. The highest BCUT2D eigenvalue weighted by Gasteiger charge is 2.34. The van der Waals surface area contributed by atoms with Crippen molar-refractivity contribution in [2.75, 3.05) is 52.9 Å². The minimum Gasteiger partial charge on any atom is -0.366 e. The zero-order valence-corrected chi connectivity index (χ0v) is 79.3. The van der Waals surface area contributed by atoms with Crippen LogP contribution in [0.1, 0.15) is 174 Å². The van der Waals surface area contributed by atoms with Crippen molar-refractivity contribution < 1.29 is 24.0 Å². The molecule has 9 heterocycles. The fraction of sp³-hybridized carbons (Fsp3) is 0.281. The van der Waals surface area contributed by atoms with Crippen molar-refractivity contribution in [3.8, 4) is 84.3 Å². The molecule has 664 valence electrons. The normalized spacial score (nSPS) is 13.8. The van der Waals surface area contributed by atoms with Gasteiger partial charge < -0.3 is 31.9 Å². The molecule has 129 heavy (non-hydrogen) atoms. The summed E-state index contributed by atoms with van der Waals surface area (Å²) in [6.45, 7) is 13.5. The second kappa shape index (κ2) is 45.0. The molecule has 3 aliphatic heterocycles. The van der Waals surface area contributed by atoms with Gasteiger partial charge in [0.05, 0.1) is 78.5 Å². The largest absolute Gasteiger partial charge is 0.366 e. The number of nitrogens with one attached hydrogen (secondary N) is 9. The molecule has 33 heteroatoms. The van der Waals surface area contributed by atoms with E-state index in [-0.39, 0.29) is 72.5 Å². The van der Waals surface area contributed by atoms with Gasteiger partial charge in [0, 0.05) is 127 Å². The van der Waals surface area contributed by atoms with Crippen LogP contribution in [0.15, 0.2) is 164 Å². The number of hydrogen-bond donors (Lipinski definition) is 9. The molecule has 0 bridgehead atoms. The van der Waals surface area contributed by atoms with E-state index >= 15 is 0 Å². The van der Waals surface area contributed by atoms with E-state index in [0.717, 1.165) is 162 Å². The Balaban J connectivity index is 0.000000156. The Bertz CT molecular complexity index is 6280. The molecule has 4 aliphatic rings. The molecule has 0 atom stereocenters. The molecule has 16 rings (SSSR count). The first kappa shape index (κ1) is 94.1. The zero-order chi connectivity index (χ0) is 90.6. The maximum Gasteiger partial charge on any atom is 0.315 e. The number of benzene rings is 6. The molecule has 0 spiro atoms. The summed E-state index contributed by atoms with van der Waals surface area (Å²) in [6.07, 6.45) is 11.5. The van der Waals surface area contributed by atoms with Crippen molar-refractivity contribution in [1.82, 2.24) is 92.5 Å². The molecule has 0 unspecified atom stereocenters. The van der Waals surface area contributed by atoms with Crippen LogP contribution in [-0.2, 0) is 19.6 Å². The Hall–Kier alpha value is -11.0. The molecule has 4 fully saturated rings. The Labute approximate surface area is 797 Å². The highest BCUT2D eigenvalue weighted by atomic mass is 35.5. The summed E-state index contributed by atoms with van der Waals surface area (Å²) >= 11 is 48.6. The van der Waals surface area contributed by atoms with Crippen molar-refractivity contribution in [1.29, 1.82) is 0 Å². The molecule has 7 amide bonds. The Morgan fingerprint density at radius 3 is 1.00 bits per heavy atom. The molecule has 1 aliphatic carbocycles. The first-order valence-electron chi connectivity index (χ1n) is 42.5. The van der Waals surface area contributed by atoms with Crippen LogP contribution in [0.3, 0.4) is 0 Å². The molecule has 0 radical (unpaired) electrons. The highest BCUT2D eigenvalue weighted by Crippen LogP contribution is 2.41. The van der Waals surface area contributed by atoms with Gasteiger partial charge in [-0.2, -0.15) is 15.3 Å². The number of hydrazine groups is 3. The number of thiophene rings is 3. The van der Waals surface area contributed by atoms with Crippen LogP contribution in [0.4, 0.5) is 9.59 Å². The van der Waals surface area contributed by atoms with Gasteiger partial charge in [-0.15, -0.1) is 34.0 Å². The van der Waals surface area contributed by atoms with Crippen molar-refractivity contribution in [2.24, 2.45) is 0 Å². The van der Waals surface area contributed by atoms with E-state index in [1.54, 1.807) is 75.7 Å². The van der Waals surface area contributed by atoms with Gasteiger partial charge in [0.2, 0.25) is 0 Å². The third kappa shape index (κ3) is 25.4. The highest BCUT2D eigenvalue weighted by molar-refractivity contribution is 7.80. The molecule has 23 nitrogen and oxygen atoms in total. The number of aromatic nitrogens is 6. The second-order valence-corrected chi connectivity index (χ2v) is 37.3. The lowest BCUT2D eigenvalue weighted by Crippen LogP contribution is -2.45. The summed E-state index contributed by atoms with van der Waals surface area (Å²) in [4.78, 5) is 71.5. The molecular formula is C96H94Cl6N18O5S4. The van der Waals surface area contributed by atoms with Gasteiger partial charge in [-0.05, 0) is 219 Å². The third-order valence-corrected chi connectivity index (χ3v) is 26.3. The lowest BCUT2D eigenvalue weighted by Gasteiger charge is -2.26. The van der Waals surface area contributed by atoms with E-state index in [2.05, 4.69) is 90.6 Å². The number of thiocarbonyl (C=S) groups is 1. The van der Waals surface area contributed by atoms with Crippen LogP contribution >= 0.6 is 116 Å². The van der Waals surface area contributed by atoms with Crippen molar-refractivity contribution in [2.45, 2.75) is 124 Å². The average Bonchev–Trinajstić information content (AvgIpc) is 1.62. The van der Waals surface area contributed by atoms with Gasteiger partial charge in [0.25, 0.3) is 17.7 Å². The number of hydrogen-bond acceptors (Lipinski definition) is 15. The first-order valence-corrected chi connectivity index (χ1v) is 47.6. The SMILES string of the molecule is CCNC(=O)NCc1c(C(=O)NN2CCCCC2)nn(-c2ccc(Cl)cc2Cl)c1-c1ccc(C#Cc2ccc(C)cc2)s1.CNC(=S)NCc1c(C(=O)NN2CCCCC2)nn(-c2ccc(Cl)cc2Cl)c1-c1ccc(C#Cc2ccc(C)cc2)s1.Cc1ccc(C#Cc2ccc(-c3c(CNC(=O)NC4CC4)c(C(=O)NN4CCCCC4)nn3-c3ccc(Cl)cc3Cl)s2)cc1. The maximum absolute atomic E-state index is 13.8. The average molecular weight is 1920 g/mol.